The molecule has 2 aromatic rings. The van der Waals surface area contributed by atoms with Crippen molar-refractivity contribution in [1.82, 2.24) is 0 Å². The summed E-state index contributed by atoms with van der Waals surface area (Å²) in [4.78, 5) is 2.10. The number of halogens is 1. The van der Waals surface area contributed by atoms with E-state index in [0.717, 1.165) is 21.3 Å². The predicted octanol–water partition coefficient (Wildman–Crippen LogP) is 4.01. The number of nitrogens with zero attached hydrogens (tertiary/aromatic N) is 1. The van der Waals surface area contributed by atoms with Crippen LogP contribution >= 0.6 is 15.9 Å². The molecule has 2 atom stereocenters. The molecule has 0 fully saturated rings. The smallest absolute Gasteiger partial charge is 0.103 e. The van der Waals surface area contributed by atoms with Gasteiger partial charge in [-0.2, -0.15) is 0 Å². The van der Waals surface area contributed by atoms with E-state index in [1.54, 1.807) is 0 Å². The van der Waals surface area contributed by atoms with E-state index in [0.29, 0.717) is 0 Å². The van der Waals surface area contributed by atoms with Crippen molar-refractivity contribution in [1.29, 1.82) is 0 Å². The van der Waals surface area contributed by atoms with Gasteiger partial charge >= 0.3 is 0 Å². The number of aliphatic hydroxyl groups excluding tert-OH is 1. The van der Waals surface area contributed by atoms with E-state index in [4.69, 9.17) is 0 Å². The third-order valence-electron chi connectivity index (χ3n) is 3.79. The zero-order valence-corrected chi connectivity index (χ0v) is 12.8. The van der Waals surface area contributed by atoms with E-state index in [1.165, 1.54) is 0 Å². The molecular weight excluding hydrogens is 314 g/mol. The second kappa shape index (κ2) is 5.43. The molecule has 102 valence electrons. The van der Waals surface area contributed by atoms with Crippen LogP contribution in [0.25, 0.3) is 6.08 Å². The molecule has 1 N–H and O–H groups in total. The summed E-state index contributed by atoms with van der Waals surface area (Å²) in [5.41, 5.74) is 3.17. The van der Waals surface area contributed by atoms with Gasteiger partial charge in [0.25, 0.3) is 0 Å². The number of rotatable bonds is 2. The molecular formula is C17H16BrNO. The number of likely N-dealkylation sites (N-methyl/N-ethyl adjacent to an activating group) is 1. The van der Waals surface area contributed by atoms with Crippen molar-refractivity contribution in [2.24, 2.45) is 0 Å². The lowest BCUT2D eigenvalue weighted by atomic mass is 9.90. The van der Waals surface area contributed by atoms with Crippen LogP contribution in [0.5, 0.6) is 0 Å². The first-order chi connectivity index (χ1) is 9.66. The number of aliphatic hydroxyl groups is 1. The standard InChI is InChI=1S/C17H16BrNO/c1-19(14-9-7-13(18)8-10-14)16-11-6-12-4-2-3-5-15(12)17(16)20/h2-11,16-17,20H,1H3/t16-,17-/m0/s1. The molecule has 1 aliphatic carbocycles. The van der Waals surface area contributed by atoms with E-state index in [-0.39, 0.29) is 6.04 Å². The second-order valence-electron chi connectivity index (χ2n) is 5.01. The maximum absolute atomic E-state index is 10.6. The molecule has 0 aliphatic heterocycles. The highest BCUT2D eigenvalue weighted by molar-refractivity contribution is 9.10. The second-order valence-corrected chi connectivity index (χ2v) is 5.93. The highest BCUT2D eigenvalue weighted by Gasteiger charge is 2.27. The van der Waals surface area contributed by atoms with E-state index >= 15 is 0 Å². The fraction of sp³-hybridized carbons (Fsp3) is 0.176. The molecule has 0 radical (unpaired) electrons. The summed E-state index contributed by atoms with van der Waals surface area (Å²) in [6, 6.07) is 16.1. The van der Waals surface area contributed by atoms with Gasteiger partial charge < -0.3 is 10.0 Å². The lowest BCUT2D eigenvalue weighted by Gasteiger charge is -2.34. The predicted molar refractivity (Wildman–Crippen MR) is 86.8 cm³/mol. The number of fused-ring (bicyclic) bond motifs is 1. The fourth-order valence-corrected chi connectivity index (χ4v) is 2.88. The van der Waals surface area contributed by atoms with Crippen molar-refractivity contribution in [3.05, 3.63) is 70.2 Å². The molecule has 0 aromatic heterocycles. The summed E-state index contributed by atoms with van der Waals surface area (Å²) in [6.45, 7) is 0. The number of anilines is 1. The maximum Gasteiger partial charge on any atom is 0.103 e. The van der Waals surface area contributed by atoms with Crippen LogP contribution in [0.3, 0.4) is 0 Å². The van der Waals surface area contributed by atoms with Crippen LogP contribution in [-0.4, -0.2) is 18.2 Å². The van der Waals surface area contributed by atoms with Crippen molar-refractivity contribution in [3.8, 4) is 0 Å². The Labute approximate surface area is 127 Å². The van der Waals surface area contributed by atoms with E-state index in [2.05, 4.69) is 33.0 Å². The van der Waals surface area contributed by atoms with Crippen molar-refractivity contribution in [3.63, 3.8) is 0 Å². The Balaban J connectivity index is 1.90. The first-order valence-electron chi connectivity index (χ1n) is 6.60. The normalized spacial score (nSPS) is 20.6. The minimum absolute atomic E-state index is 0.0499. The fourth-order valence-electron chi connectivity index (χ4n) is 2.61. The first-order valence-corrected chi connectivity index (χ1v) is 7.40. The summed E-state index contributed by atoms with van der Waals surface area (Å²) < 4.78 is 1.06. The molecule has 0 saturated carbocycles. The minimum Gasteiger partial charge on any atom is -0.386 e. The highest BCUT2D eigenvalue weighted by Crippen LogP contribution is 2.32. The lowest BCUT2D eigenvalue weighted by Crippen LogP contribution is -2.36. The Kier molecular flexibility index (Phi) is 3.64. The quantitative estimate of drug-likeness (QED) is 0.899. The molecule has 1 aliphatic rings. The number of hydrogen-bond acceptors (Lipinski definition) is 2. The zero-order chi connectivity index (χ0) is 14.1. The molecule has 0 amide bonds. The lowest BCUT2D eigenvalue weighted by molar-refractivity contribution is 0.159. The van der Waals surface area contributed by atoms with Crippen LogP contribution in [0.4, 0.5) is 5.69 Å². The maximum atomic E-state index is 10.6. The molecule has 0 saturated heterocycles. The average molecular weight is 330 g/mol. The van der Waals surface area contributed by atoms with E-state index in [1.807, 2.05) is 55.6 Å². The van der Waals surface area contributed by atoms with Gasteiger partial charge in [-0.25, -0.2) is 0 Å². The van der Waals surface area contributed by atoms with Crippen LogP contribution in [0, 0.1) is 0 Å². The molecule has 0 heterocycles. The zero-order valence-electron chi connectivity index (χ0n) is 11.2. The third-order valence-corrected chi connectivity index (χ3v) is 4.32. The largest absolute Gasteiger partial charge is 0.386 e. The van der Waals surface area contributed by atoms with Crippen LogP contribution < -0.4 is 4.90 Å². The molecule has 3 rings (SSSR count). The number of benzene rings is 2. The van der Waals surface area contributed by atoms with Gasteiger partial charge in [0, 0.05) is 17.2 Å². The molecule has 0 bridgehead atoms. The van der Waals surface area contributed by atoms with Crippen LogP contribution in [-0.2, 0) is 0 Å². The van der Waals surface area contributed by atoms with Crippen molar-refractivity contribution in [2.45, 2.75) is 12.1 Å². The summed E-state index contributed by atoms with van der Waals surface area (Å²) in [5, 5.41) is 10.6. The van der Waals surface area contributed by atoms with Gasteiger partial charge in [0.2, 0.25) is 0 Å². The van der Waals surface area contributed by atoms with Gasteiger partial charge in [0.05, 0.1) is 6.04 Å². The SMILES string of the molecule is CN(c1ccc(Br)cc1)[C@H]1C=Cc2ccccc2[C@@H]1O. The van der Waals surface area contributed by atoms with Crippen LogP contribution in [0.1, 0.15) is 17.2 Å². The molecule has 20 heavy (non-hydrogen) atoms. The summed E-state index contributed by atoms with van der Waals surface area (Å²) in [7, 11) is 2.01. The van der Waals surface area contributed by atoms with Gasteiger partial charge in [-0.3, -0.25) is 0 Å². The van der Waals surface area contributed by atoms with Gasteiger partial charge in [0.15, 0.2) is 0 Å². The molecule has 2 nitrogen and oxygen atoms in total. The Morgan fingerprint density at radius 3 is 2.50 bits per heavy atom. The van der Waals surface area contributed by atoms with Gasteiger partial charge in [-0.05, 0) is 35.4 Å². The Morgan fingerprint density at radius 2 is 1.75 bits per heavy atom. The van der Waals surface area contributed by atoms with Gasteiger partial charge in [0.1, 0.15) is 6.10 Å². The van der Waals surface area contributed by atoms with E-state index < -0.39 is 6.10 Å². The molecule has 2 aromatic carbocycles. The van der Waals surface area contributed by atoms with Crippen molar-refractivity contribution in [2.75, 3.05) is 11.9 Å². The van der Waals surface area contributed by atoms with Crippen LogP contribution in [0.2, 0.25) is 0 Å². The molecule has 3 heteroatoms. The van der Waals surface area contributed by atoms with Gasteiger partial charge in [-0.1, -0.05) is 52.3 Å². The van der Waals surface area contributed by atoms with E-state index in [9.17, 15) is 5.11 Å². The summed E-state index contributed by atoms with van der Waals surface area (Å²) in [5.74, 6) is 0. The van der Waals surface area contributed by atoms with Gasteiger partial charge in [-0.15, -0.1) is 0 Å². The van der Waals surface area contributed by atoms with Crippen molar-refractivity contribution < 1.29 is 5.11 Å². The Hall–Kier alpha value is -1.58. The monoisotopic (exact) mass is 329 g/mol. The molecule has 0 unspecified atom stereocenters. The summed E-state index contributed by atoms with van der Waals surface area (Å²) in [6.07, 6.45) is 3.64. The Morgan fingerprint density at radius 1 is 1.05 bits per heavy atom. The van der Waals surface area contributed by atoms with Crippen LogP contribution in [0.15, 0.2) is 59.1 Å². The summed E-state index contributed by atoms with van der Waals surface area (Å²) >= 11 is 3.44. The Bertz CT molecular complexity index is 636. The topological polar surface area (TPSA) is 23.5 Å². The highest BCUT2D eigenvalue weighted by atomic mass is 79.9. The first kappa shape index (κ1) is 13.4. The minimum atomic E-state index is -0.509. The third kappa shape index (κ3) is 2.39. The van der Waals surface area contributed by atoms with Crippen molar-refractivity contribution >= 4 is 27.7 Å². The molecule has 0 spiro atoms. The average Bonchev–Trinajstić information content (AvgIpc) is 2.48. The number of hydrogen-bond donors (Lipinski definition) is 1.